The largest absolute Gasteiger partial charge is 0.468 e. The van der Waals surface area contributed by atoms with Crippen LogP contribution in [0, 0.1) is 11.8 Å². The van der Waals surface area contributed by atoms with Crippen LogP contribution in [0.1, 0.15) is 72.3 Å². The van der Waals surface area contributed by atoms with Crippen LogP contribution in [0.3, 0.4) is 0 Å². The van der Waals surface area contributed by atoms with Crippen molar-refractivity contribution in [1.29, 1.82) is 0 Å². The zero-order valence-corrected chi connectivity index (χ0v) is 31.0. The van der Waals surface area contributed by atoms with Crippen LogP contribution in [-0.4, -0.2) is 102 Å². The number of aliphatic hydroxyl groups is 1. The van der Waals surface area contributed by atoms with Crippen molar-refractivity contribution in [3.8, 4) is 5.88 Å². The number of nitrogens with zero attached hydrogens (tertiary/aromatic N) is 2. The Balaban J connectivity index is 1.58. The van der Waals surface area contributed by atoms with Crippen LogP contribution in [0.5, 0.6) is 5.88 Å². The van der Waals surface area contributed by atoms with Crippen molar-refractivity contribution in [3.05, 3.63) is 60.3 Å². The smallest absolute Gasteiger partial charge is 0.258 e. The molecule has 1 aromatic heterocycles. The maximum absolute atomic E-state index is 14.1. The number of benzene rings is 1. The Morgan fingerprint density at radius 1 is 0.980 bits per heavy atom. The Kier molecular flexibility index (Phi) is 13.1. The Morgan fingerprint density at radius 2 is 1.64 bits per heavy atom. The van der Waals surface area contributed by atoms with Crippen molar-refractivity contribution in [1.82, 2.24) is 25.8 Å². The van der Waals surface area contributed by atoms with Crippen molar-refractivity contribution >= 4 is 27.6 Å². The number of β-amino-alcohol motifs (C(OH)–C–C–N with tert-alkyl or cyclic N) is 1. The summed E-state index contributed by atoms with van der Waals surface area (Å²) in [6.45, 7) is 8.87. The highest BCUT2D eigenvalue weighted by Gasteiger charge is 2.46. The average Bonchev–Trinajstić information content (AvgIpc) is 3.05. The van der Waals surface area contributed by atoms with Gasteiger partial charge in [0.1, 0.15) is 6.04 Å². The number of carbonyl (C=O) groups excluding carboxylic acids is 3. The Labute approximate surface area is 297 Å². The number of rotatable bonds is 14. The maximum Gasteiger partial charge on any atom is 0.258 e. The molecule has 50 heavy (non-hydrogen) atoms. The van der Waals surface area contributed by atoms with Gasteiger partial charge in [0.25, 0.3) is 5.91 Å². The lowest BCUT2D eigenvalue weighted by atomic mass is 9.72. The highest BCUT2D eigenvalue weighted by molar-refractivity contribution is 7.92. The summed E-state index contributed by atoms with van der Waals surface area (Å²) in [5.74, 6) is -0.501. The Hall–Kier alpha value is -3.55. The van der Waals surface area contributed by atoms with Crippen molar-refractivity contribution < 1.29 is 32.6 Å². The summed E-state index contributed by atoms with van der Waals surface area (Å²) in [6, 6.07) is 11.5. The van der Waals surface area contributed by atoms with E-state index in [-0.39, 0.29) is 24.8 Å². The van der Waals surface area contributed by atoms with Gasteiger partial charge < -0.3 is 25.8 Å². The van der Waals surface area contributed by atoms with Crippen LogP contribution >= 0.6 is 0 Å². The number of sulfone groups is 1. The first-order valence-corrected chi connectivity index (χ1v) is 19.4. The monoisotopic (exact) mass is 713 g/mol. The number of piperidine rings is 1. The minimum Gasteiger partial charge on any atom is -0.468 e. The number of aliphatic hydroxyl groups excluding tert-OH is 1. The molecular weight excluding hydrogens is 659 g/mol. The zero-order valence-electron chi connectivity index (χ0n) is 30.2. The summed E-state index contributed by atoms with van der Waals surface area (Å²) >= 11 is 0. The van der Waals surface area contributed by atoms with Gasteiger partial charge in [0.15, 0.2) is 16.4 Å². The number of pyridine rings is 1. The summed E-state index contributed by atoms with van der Waals surface area (Å²) < 4.78 is 29.7. The van der Waals surface area contributed by atoms with Gasteiger partial charge in [0.2, 0.25) is 17.7 Å². The number of ether oxygens (including phenoxy) is 1. The fourth-order valence-electron chi connectivity index (χ4n) is 6.96. The summed E-state index contributed by atoms with van der Waals surface area (Å²) in [6.07, 6.45) is 6.77. The zero-order chi connectivity index (χ0) is 36.7. The van der Waals surface area contributed by atoms with E-state index >= 15 is 0 Å². The van der Waals surface area contributed by atoms with Crippen molar-refractivity contribution in [3.63, 3.8) is 0 Å². The standard InChI is InChI=1S/C37H55N5O7S/c1-36(2,3)41-34(45)29-21-26-16-10-11-17-27(26)22-42(29)23-30(43)28(20-25-14-8-7-9-15-25)39-35(46)33(37(4,5)50(6,47)48)40-31(44)24-49-32-18-12-13-19-38-32/h7-9,12-15,18-19,26-30,33,43H,10-11,16-17,20-24H2,1-6H3,(H,39,46)(H,40,44)(H,41,45). The fourth-order valence-corrected chi connectivity index (χ4v) is 7.55. The number of aromatic nitrogens is 1. The summed E-state index contributed by atoms with van der Waals surface area (Å²) in [5, 5.41) is 20.5. The molecule has 1 saturated heterocycles. The van der Waals surface area contributed by atoms with E-state index in [0.29, 0.717) is 24.8 Å². The van der Waals surface area contributed by atoms with E-state index in [1.165, 1.54) is 20.0 Å². The topological polar surface area (TPSA) is 167 Å². The molecular formula is C37H55N5O7S. The van der Waals surface area contributed by atoms with E-state index < -0.39 is 62.8 Å². The number of likely N-dealkylation sites (tertiary alicyclic amines) is 1. The summed E-state index contributed by atoms with van der Waals surface area (Å²) in [5.41, 5.74) is 0.417. The molecule has 2 aliphatic rings. The van der Waals surface area contributed by atoms with Gasteiger partial charge in [0, 0.05) is 37.1 Å². The van der Waals surface area contributed by atoms with Gasteiger partial charge in [-0.1, -0.05) is 55.7 Å². The lowest BCUT2D eigenvalue weighted by Gasteiger charge is -2.47. The van der Waals surface area contributed by atoms with Crippen LogP contribution in [0.4, 0.5) is 0 Å². The van der Waals surface area contributed by atoms with Crippen molar-refractivity contribution in [2.24, 2.45) is 11.8 Å². The molecule has 1 aromatic carbocycles. The highest BCUT2D eigenvalue weighted by atomic mass is 32.2. The van der Waals surface area contributed by atoms with E-state index in [1.807, 2.05) is 51.1 Å². The second-order valence-electron chi connectivity index (χ2n) is 15.5. The normalized spacial score (nSPS) is 21.9. The molecule has 0 radical (unpaired) electrons. The minimum absolute atomic E-state index is 0.0806. The molecule has 2 aromatic rings. The van der Waals surface area contributed by atoms with Crippen LogP contribution < -0.4 is 20.7 Å². The third-order valence-corrected chi connectivity index (χ3v) is 12.2. The first kappa shape index (κ1) is 39.2. The molecule has 13 heteroatoms. The molecule has 3 amide bonds. The summed E-state index contributed by atoms with van der Waals surface area (Å²) in [4.78, 5) is 46.9. The third-order valence-electron chi connectivity index (χ3n) is 10.0. The molecule has 0 spiro atoms. The number of fused-ring (bicyclic) bond motifs is 1. The van der Waals surface area contributed by atoms with Gasteiger partial charge in [-0.25, -0.2) is 13.4 Å². The van der Waals surface area contributed by atoms with Crippen molar-refractivity contribution in [2.75, 3.05) is 26.0 Å². The van der Waals surface area contributed by atoms with Gasteiger partial charge in [-0.2, -0.15) is 0 Å². The van der Waals surface area contributed by atoms with Crippen LogP contribution in [0.25, 0.3) is 0 Å². The maximum atomic E-state index is 14.1. The third kappa shape index (κ3) is 10.7. The first-order chi connectivity index (χ1) is 23.4. The molecule has 0 bridgehead atoms. The van der Waals surface area contributed by atoms with Crippen molar-refractivity contribution in [2.45, 2.75) is 108 Å². The predicted molar refractivity (Wildman–Crippen MR) is 192 cm³/mol. The molecule has 2 heterocycles. The molecule has 4 rings (SSSR count). The molecule has 6 atom stereocenters. The van der Waals surface area contributed by atoms with Crippen LogP contribution in [-0.2, 0) is 30.6 Å². The minimum atomic E-state index is -3.88. The van der Waals surface area contributed by atoms with E-state index in [0.717, 1.165) is 37.5 Å². The quantitative estimate of drug-likeness (QED) is 0.230. The lowest BCUT2D eigenvalue weighted by molar-refractivity contribution is -0.133. The predicted octanol–water partition coefficient (Wildman–Crippen LogP) is 2.65. The van der Waals surface area contributed by atoms with E-state index in [4.69, 9.17) is 4.74 Å². The van der Waals surface area contributed by atoms with E-state index in [9.17, 15) is 27.9 Å². The molecule has 6 unspecified atom stereocenters. The SMILES string of the molecule is CC(C)(C)NC(=O)C1CC2CCCCC2CN1CC(O)C(Cc1ccccc1)NC(=O)C(NC(=O)COc1ccccn1)C(C)(C)S(C)(=O)=O. The molecule has 4 N–H and O–H groups in total. The highest BCUT2D eigenvalue weighted by Crippen LogP contribution is 2.39. The van der Waals surface area contributed by atoms with Gasteiger partial charge >= 0.3 is 0 Å². The molecule has 276 valence electrons. The number of hydrogen-bond donors (Lipinski definition) is 4. The van der Waals surface area contributed by atoms with Gasteiger partial charge in [0.05, 0.1) is 22.9 Å². The second kappa shape index (κ2) is 16.6. The second-order valence-corrected chi connectivity index (χ2v) is 18.1. The Morgan fingerprint density at radius 3 is 2.26 bits per heavy atom. The summed E-state index contributed by atoms with van der Waals surface area (Å²) in [7, 11) is -3.88. The van der Waals surface area contributed by atoms with Crippen LogP contribution in [0.2, 0.25) is 0 Å². The van der Waals surface area contributed by atoms with Crippen LogP contribution in [0.15, 0.2) is 54.7 Å². The van der Waals surface area contributed by atoms with E-state index in [2.05, 4.69) is 25.8 Å². The number of hydrogen-bond acceptors (Lipinski definition) is 9. The molecule has 1 aliphatic heterocycles. The Bertz CT molecular complexity index is 1550. The lowest BCUT2D eigenvalue weighted by Crippen LogP contribution is -2.64. The molecule has 2 fully saturated rings. The fraction of sp³-hybridized carbons (Fsp3) is 0.622. The first-order valence-electron chi connectivity index (χ1n) is 17.6. The number of nitrogens with one attached hydrogen (secondary N) is 3. The van der Waals surface area contributed by atoms with Gasteiger partial charge in [-0.15, -0.1) is 0 Å². The van der Waals surface area contributed by atoms with E-state index in [1.54, 1.807) is 18.2 Å². The molecule has 12 nitrogen and oxygen atoms in total. The molecule has 1 aliphatic carbocycles. The molecule has 1 saturated carbocycles. The van der Waals surface area contributed by atoms with Gasteiger partial charge in [-0.3, -0.25) is 19.3 Å². The number of amides is 3. The average molecular weight is 714 g/mol. The number of carbonyl (C=O) groups is 3. The van der Waals surface area contributed by atoms with Gasteiger partial charge in [-0.05, 0) is 77.3 Å².